The number of hydrogen-bond acceptors (Lipinski definition) is 8. The van der Waals surface area contributed by atoms with Gasteiger partial charge in [-0.15, -0.1) is 0 Å². The Labute approximate surface area is 218 Å². The number of nitrogens with zero attached hydrogens (tertiary/aromatic N) is 7. The number of fused-ring (bicyclic) bond motifs is 1. The van der Waals surface area contributed by atoms with Gasteiger partial charge < -0.3 is 14.8 Å². The van der Waals surface area contributed by atoms with E-state index in [4.69, 9.17) is 9.47 Å². The lowest BCUT2D eigenvalue weighted by Gasteiger charge is -2.41. The summed E-state index contributed by atoms with van der Waals surface area (Å²) in [7, 11) is 0. The Balaban J connectivity index is 1.25. The van der Waals surface area contributed by atoms with Crippen molar-refractivity contribution in [1.29, 1.82) is 5.26 Å². The number of anilines is 1. The zero-order valence-electron chi connectivity index (χ0n) is 20.7. The maximum atomic E-state index is 11.5. The first-order chi connectivity index (χ1) is 18.6. The van der Waals surface area contributed by atoms with Crippen LogP contribution in [0.3, 0.4) is 0 Å². The number of likely N-dealkylation sites (tertiary alicyclic amines) is 1. The van der Waals surface area contributed by atoms with Gasteiger partial charge in [0, 0.05) is 36.6 Å². The maximum absolute atomic E-state index is 11.5. The lowest BCUT2D eigenvalue weighted by atomic mass is 10.0. The summed E-state index contributed by atoms with van der Waals surface area (Å²) < 4.78 is 15.2. The van der Waals surface area contributed by atoms with Gasteiger partial charge in [0.25, 0.3) is 0 Å². The van der Waals surface area contributed by atoms with Gasteiger partial charge in [-0.2, -0.15) is 15.5 Å². The molecule has 6 rings (SSSR count). The molecular weight excluding hydrogens is 484 g/mol. The van der Waals surface area contributed by atoms with E-state index in [1.165, 1.54) is 18.5 Å². The molecule has 38 heavy (non-hydrogen) atoms. The molecule has 4 aromatic rings. The van der Waals surface area contributed by atoms with E-state index in [0.29, 0.717) is 40.5 Å². The van der Waals surface area contributed by atoms with Gasteiger partial charge in [0.2, 0.25) is 5.91 Å². The van der Waals surface area contributed by atoms with Crippen LogP contribution in [0.2, 0.25) is 0 Å². The second kappa shape index (κ2) is 10.1. The van der Waals surface area contributed by atoms with Crippen LogP contribution in [-0.4, -0.2) is 67.5 Å². The van der Waals surface area contributed by atoms with E-state index in [-0.39, 0.29) is 5.91 Å². The summed E-state index contributed by atoms with van der Waals surface area (Å²) in [6.07, 6.45) is 12.1. The molecule has 2 aliphatic rings. The normalized spacial score (nSPS) is 16.6. The number of amides is 1. The number of carbonyl (C=O) groups excluding carboxylic acids is 1. The van der Waals surface area contributed by atoms with Gasteiger partial charge in [0.15, 0.2) is 5.75 Å². The molecular formula is C27H26N8O3. The monoisotopic (exact) mass is 510 g/mol. The topological polar surface area (TPSA) is 123 Å². The van der Waals surface area contributed by atoms with E-state index < -0.39 is 0 Å². The Bertz CT molecular complexity index is 1520. The van der Waals surface area contributed by atoms with Crippen LogP contribution in [0.25, 0.3) is 16.6 Å². The van der Waals surface area contributed by atoms with Crippen molar-refractivity contribution in [3.8, 4) is 28.7 Å². The molecule has 0 aromatic carbocycles. The van der Waals surface area contributed by atoms with Crippen molar-refractivity contribution in [3.63, 3.8) is 0 Å². The quantitative estimate of drug-likeness (QED) is 0.375. The number of carbonyl (C=O) groups is 1. The van der Waals surface area contributed by atoms with Gasteiger partial charge in [0.05, 0.1) is 43.9 Å². The third-order valence-electron chi connectivity index (χ3n) is 7.04. The number of nitriles is 1. The number of piperidine rings is 1. The first kappa shape index (κ1) is 23.8. The van der Waals surface area contributed by atoms with E-state index in [1.54, 1.807) is 16.6 Å². The summed E-state index contributed by atoms with van der Waals surface area (Å²) in [5, 5.41) is 21.3. The van der Waals surface area contributed by atoms with Crippen LogP contribution in [0, 0.1) is 11.3 Å². The summed E-state index contributed by atoms with van der Waals surface area (Å²) in [5.74, 6) is 0.940. The predicted octanol–water partition coefficient (Wildman–Crippen LogP) is 3.42. The van der Waals surface area contributed by atoms with Crippen LogP contribution >= 0.6 is 0 Å². The minimum Gasteiger partial charge on any atom is -0.453 e. The number of rotatable bonds is 7. The van der Waals surface area contributed by atoms with Crippen LogP contribution in [0.5, 0.6) is 11.5 Å². The molecule has 0 bridgehead atoms. The van der Waals surface area contributed by atoms with E-state index >= 15 is 0 Å². The summed E-state index contributed by atoms with van der Waals surface area (Å²) in [5.41, 5.74) is 2.74. The van der Waals surface area contributed by atoms with Crippen molar-refractivity contribution in [2.24, 2.45) is 0 Å². The second-order valence-corrected chi connectivity index (χ2v) is 9.40. The number of aromatic nitrogens is 5. The standard InChI is InChI=1S/C27H26N8O3/c1-2-26(36)32-25-4-3-23(13-29-25)38-24-9-18(14-35-27(24)19(10-28)11-31-35)20-12-30-34(15-20)21-5-7-33(8-6-21)22-16-37-17-22/h2-4,9,11-15,21-22H,1,5-8,16-17H2,(H,29,32,36). The Kier molecular flexibility index (Phi) is 6.33. The van der Waals surface area contributed by atoms with Gasteiger partial charge in [-0.05, 0) is 37.1 Å². The SMILES string of the molecule is C=CC(=O)Nc1ccc(Oc2cc(-c3cnn(C4CCN(C5COC5)CC4)c3)cn3ncc(C#N)c23)cn1. The van der Waals surface area contributed by atoms with E-state index in [9.17, 15) is 10.1 Å². The number of ether oxygens (including phenoxy) is 2. The first-order valence-electron chi connectivity index (χ1n) is 12.5. The molecule has 0 unspecified atom stereocenters. The lowest BCUT2D eigenvalue weighted by Crippen LogP contribution is -2.51. The summed E-state index contributed by atoms with van der Waals surface area (Å²) in [4.78, 5) is 18.3. The van der Waals surface area contributed by atoms with Crippen LogP contribution < -0.4 is 10.1 Å². The number of pyridine rings is 2. The fourth-order valence-corrected chi connectivity index (χ4v) is 4.86. The summed E-state index contributed by atoms with van der Waals surface area (Å²) in [6.45, 7) is 7.22. The highest BCUT2D eigenvalue weighted by molar-refractivity contribution is 5.98. The third-order valence-corrected chi connectivity index (χ3v) is 7.04. The zero-order chi connectivity index (χ0) is 26.1. The molecule has 0 spiro atoms. The average molecular weight is 511 g/mol. The molecule has 1 N–H and O–H groups in total. The molecule has 0 atom stereocenters. The highest BCUT2D eigenvalue weighted by Crippen LogP contribution is 2.34. The summed E-state index contributed by atoms with van der Waals surface area (Å²) >= 11 is 0. The van der Waals surface area contributed by atoms with Gasteiger partial charge >= 0.3 is 0 Å². The Morgan fingerprint density at radius 1 is 1.13 bits per heavy atom. The second-order valence-electron chi connectivity index (χ2n) is 9.40. The zero-order valence-corrected chi connectivity index (χ0v) is 20.7. The number of nitrogens with one attached hydrogen (secondary N) is 1. The van der Waals surface area contributed by atoms with Crippen molar-refractivity contribution in [2.45, 2.75) is 24.9 Å². The molecule has 4 aromatic heterocycles. The molecule has 11 nitrogen and oxygen atoms in total. The molecule has 192 valence electrons. The van der Waals surface area contributed by atoms with Gasteiger partial charge in [0.1, 0.15) is 28.7 Å². The highest BCUT2D eigenvalue weighted by atomic mass is 16.5. The van der Waals surface area contributed by atoms with Crippen molar-refractivity contribution in [1.82, 2.24) is 29.3 Å². The van der Waals surface area contributed by atoms with Gasteiger partial charge in [-0.1, -0.05) is 6.58 Å². The largest absolute Gasteiger partial charge is 0.453 e. The lowest BCUT2D eigenvalue weighted by molar-refractivity contribution is -0.111. The fraction of sp³-hybridized carbons (Fsp3) is 0.296. The molecule has 0 saturated carbocycles. The van der Waals surface area contributed by atoms with Crippen LogP contribution in [0.4, 0.5) is 5.82 Å². The van der Waals surface area contributed by atoms with Gasteiger partial charge in [-0.3, -0.25) is 14.4 Å². The highest BCUT2D eigenvalue weighted by Gasteiger charge is 2.30. The average Bonchev–Trinajstić information content (AvgIpc) is 3.57. The Morgan fingerprint density at radius 3 is 2.66 bits per heavy atom. The fourth-order valence-electron chi connectivity index (χ4n) is 4.86. The maximum Gasteiger partial charge on any atom is 0.248 e. The summed E-state index contributed by atoms with van der Waals surface area (Å²) in [6, 6.07) is 8.30. The molecule has 6 heterocycles. The first-order valence-corrected chi connectivity index (χ1v) is 12.5. The van der Waals surface area contributed by atoms with Crippen LogP contribution in [0.15, 0.2) is 61.8 Å². The van der Waals surface area contributed by atoms with E-state index in [0.717, 1.165) is 50.3 Å². The van der Waals surface area contributed by atoms with Crippen molar-refractivity contribution in [3.05, 3.63) is 67.4 Å². The van der Waals surface area contributed by atoms with E-state index in [2.05, 4.69) is 48.9 Å². The predicted molar refractivity (Wildman–Crippen MR) is 139 cm³/mol. The third kappa shape index (κ3) is 4.63. The molecule has 0 radical (unpaired) electrons. The van der Waals surface area contributed by atoms with Crippen molar-refractivity contribution in [2.75, 3.05) is 31.6 Å². The van der Waals surface area contributed by atoms with E-state index in [1.807, 2.05) is 18.5 Å². The minimum absolute atomic E-state index is 0.349. The number of hydrogen-bond donors (Lipinski definition) is 1. The Morgan fingerprint density at radius 2 is 1.97 bits per heavy atom. The van der Waals surface area contributed by atoms with Crippen LogP contribution in [0.1, 0.15) is 24.4 Å². The Hall–Kier alpha value is -4.53. The van der Waals surface area contributed by atoms with Crippen molar-refractivity contribution >= 4 is 17.2 Å². The molecule has 2 saturated heterocycles. The molecule has 11 heteroatoms. The molecule has 0 aliphatic carbocycles. The molecule has 2 aliphatic heterocycles. The molecule has 1 amide bonds. The van der Waals surface area contributed by atoms with Gasteiger partial charge in [-0.25, -0.2) is 9.50 Å². The van der Waals surface area contributed by atoms with Crippen LogP contribution in [-0.2, 0) is 9.53 Å². The smallest absolute Gasteiger partial charge is 0.248 e. The molecule has 2 fully saturated rings. The minimum atomic E-state index is -0.349. The van der Waals surface area contributed by atoms with Crippen molar-refractivity contribution < 1.29 is 14.3 Å².